The molecule has 1 saturated heterocycles. The van der Waals surface area contributed by atoms with Gasteiger partial charge < -0.3 is 10.0 Å². The molecule has 1 aliphatic heterocycles. The number of rotatable bonds is 2. The Morgan fingerprint density at radius 1 is 1.25 bits per heavy atom. The fourth-order valence-electron chi connectivity index (χ4n) is 3.00. The predicted molar refractivity (Wildman–Crippen MR) is 82.8 cm³/mol. The molecular formula is C17H22N2O. The van der Waals surface area contributed by atoms with Crippen LogP contribution < -0.4 is 4.90 Å². The molecule has 1 aliphatic rings. The Bertz CT molecular complexity index is 611. The molecule has 2 atom stereocenters. The molecule has 1 fully saturated rings. The third-order valence-electron chi connectivity index (χ3n) is 4.62. The monoisotopic (exact) mass is 270 g/mol. The summed E-state index contributed by atoms with van der Waals surface area (Å²) in [4.78, 5) is 7.14. The van der Waals surface area contributed by atoms with Crippen LogP contribution >= 0.6 is 0 Å². The average molecular weight is 270 g/mol. The maximum Gasteiger partial charge on any atom is 0.129 e. The molecule has 1 aromatic heterocycles. The maximum atomic E-state index is 9.61. The van der Waals surface area contributed by atoms with Crippen LogP contribution in [-0.4, -0.2) is 23.2 Å². The zero-order chi connectivity index (χ0) is 14.1. The van der Waals surface area contributed by atoms with Gasteiger partial charge in [-0.3, -0.25) is 0 Å². The second-order valence-electron chi connectivity index (χ2n) is 6.00. The van der Waals surface area contributed by atoms with E-state index in [1.807, 2.05) is 30.3 Å². The van der Waals surface area contributed by atoms with E-state index in [0.717, 1.165) is 41.3 Å². The van der Waals surface area contributed by atoms with Crippen molar-refractivity contribution >= 4 is 16.7 Å². The van der Waals surface area contributed by atoms with Gasteiger partial charge in [0.25, 0.3) is 0 Å². The smallest absolute Gasteiger partial charge is 0.129 e. The lowest BCUT2D eigenvalue weighted by Crippen LogP contribution is -2.38. The molecule has 20 heavy (non-hydrogen) atoms. The first kappa shape index (κ1) is 13.4. The summed E-state index contributed by atoms with van der Waals surface area (Å²) in [6.45, 7) is 6.81. The molecule has 106 valence electrons. The number of piperidine rings is 1. The topological polar surface area (TPSA) is 36.4 Å². The summed E-state index contributed by atoms with van der Waals surface area (Å²) in [7, 11) is 0. The van der Waals surface area contributed by atoms with Crippen LogP contribution in [0.2, 0.25) is 0 Å². The minimum absolute atomic E-state index is 0.0653. The van der Waals surface area contributed by atoms with Crippen molar-refractivity contribution < 1.29 is 5.11 Å². The Morgan fingerprint density at radius 2 is 2.05 bits per heavy atom. The van der Waals surface area contributed by atoms with Crippen molar-refractivity contribution in [2.24, 2.45) is 11.8 Å². The third kappa shape index (κ3) is 2.38. The van der Waals surface area contributed by atoms with Gasteiger partial charge in [-0.05, 0) is 36.0 Å². The number of anilines is 1. The number of hydrogen-bond acceptors (Lipinski definition) is 3. The number of nitrogens with zero attached hydrogens (tertiary/aromatic N) is 2. The molecule has 0 saturated carbocycles. The molecule has 0 radical (unpaired) electrons. The number of aliphatic hydroxyl groups is 1. The average Bonchev–Trinajstić information content (AvgIpc) is 2.49. The van der Waals surface area contributed by atoms with Crippen LogP contribution in [0.15, 0.2) is 30.3 Å². The van der Waals surface area contributed by atoms with Gasteiger partial charge in [0.05, 0.1) is 12.1 Å². The van der Waals surface area contributed by atoms with Gasteiger partial charge >= 0.3 is 0 Å². The summed E-state index contributed by atoms with van der Waals surface area (Å²) in [5.74, 6) is 2.48. The molecule has 0 spiro atoms. The van der Waals surface area contributed by atoms with Gasteiger partial charge in [-0.1, -0.05) is 32.0 Å². The fraction of sp³-hybridized carbons (Fsp3) is 0.471. The SMILES string of the molecule is CC1CCN(c2cc(CO)c3ccccc3n2)CC1C. The highest BCUT2D eigenvalue weighted by Gasteiger charge is 2.24. The van der Waals surface area contributed by atoms with Crippen molar-refractivity contribution in [3.05, 3.63) is 35.9 Å². The third-order valence-corrected chi connectivity index (χ3v) is 4.62. The summed E-state index contributed by atoms with van der Waals surface area (Å²) in [6, 6.07) is 10.1. The molecule has 2 aromatic rings. The van der Waals surface area contributed by atoms with Crippen LogP contribution in [0.4, 0.5) is 5.82 Å². The molecule has 3 heteroatoms. The van der Waals surface area contributed by atoms with Crippen molar-refractivity contribution in [3.63, 3.8) is 0 Å². The lowest BCUT2D eigenvalue weighted by atomic mass is 9.88. The Hall–Kier alpha value is -1.61. The van der Waals surface area contributed by atoms with Gasteiger partial charge in [0.2, 0.25) is 0 Å². The van der Waals surface area contributed by atoms with E-state index in [0.29, 0.717) is 5.92 Å². The van der Waals surface area contributed by atoms with E-state index >= 15 is 0 Å². The standard InChI is InChI=1S/C17H22N2O/c1-12-7-8-19(10-13(12)2)17-9-14(11-20)15-5-3-4-6-16(15)18-17/h3-6,9,12-13,20H,7-8,10-11H2,1-2H3. The Balaban J connectivity index is 1.99. The Kier molecular flexibility index (Phi) is 3.62. The van der Waals surface area contributed by atoms with Crippen molar-refractivity contribution in [3.8, 4) is 0 Å². The lowest BCUT2D eigenvalue weighted by molar-refractivity contribution is 0.283. The van der Waals surface area contributed by atoms with Crippen molar-refractivity contribution in [1.82, 2.24) is 4.98 Å². The van der Waals surface area contributed by atoms with E-state index in [-0.39, 0.29) is 6.61 Å². The second kappa shape index (κ2) is 5.41. The van der Waals surface area contributed by atoms with Crippen LogP contribution in [0, 0.1) is 11.8 Å². The van der Waals surface area contributed by atoms with E-state index in [4.69, 9.17) is 4.98 Å². The number of aromatic nitrogens is 1. The van der Waals surface area contributed by atoms with Gasteiger partial charge in [0.15, 0.2) is 0 Å². The summed E-state index contributed by atoms with van der Waals surface area (Å²) < 4.78 is 0. The molecule has 2 heterocycles. The number of pyridine rings is 1. The van der Waals surface area contributed by atoms with Crippen LogP contribution in [-0.2, 0) is 6.61 Å². The number of aliphatic hydroxyl groups excluding tert-OH is 1. The molecule has 3 nitrogen and oxygen atoms in total. The van der Waals surface area contributed by atoms with Gasteiger partial charge in [-0.15, -0.1) is 0 Å². The van der Waals surface area contributed by atoms with E-state index in [2.05, 4.69) is 18.7 Å². The molecule has 1 N–H and O–H groups in total. The molecule has 2 unspecified atom stereocenters. The zero-order valence-corrected chi connectivity index (χ0v) is 12.2. The van der Waals surface area contributed by atoms with Gasteiger partial charge in [-0.25, -0.2) is 4.98 Å². The second-order valence-corrected chi connectivity index (χ2v) is 6.00. The first-order valence-corrected chi connectivity index (χ1v) is 7.43. The maximum absolute atomic E-state index is 9.61. The van der Waals surface area contributed by atoms with E-state index < -0.39 is 0 Å². The lowest BCUT2D eigenvalue weighted by Gasteiger charge is -2.36. The van der Waals surface area contributed by atoms with Crippen molar-refractivity contribution in [1.29, 1.82) is 0 Å². The number of benzene rings is 1. The van der Waals surface area contributed by atoms with Crippen molar-refractivity contribution in [2.45, 2.75) is 26.9 Å². The normalized spacial score (nSPS) is 23.2. The van der Waals surface area contributed by atoms with Gasteiger partial charge in [-0.2, -0.15) is 0 Å². The van der Waals surface area contributed by atoms with Gasteiger partial charge in [0.1, 0.15) is 5.82 Å². The van der Waals surface area contributed by atoms with Crippen molar-refractivity contribution in [2.75, 3.05) is 18.0 Å². The number of para-hydroxylation sites is 1. The first-order chi connectivity index (χ1) is 9.69. The molecule has 0 amide bonds. The number of hydrogen-bond donors (Lipinski definition) is 1. The minimum atomic E-state index is 0.0653. The number of fused-ring (bicyclic) bond motifs is 1. The van der Waals surface area contributed by atoms with E-state index in [1.54, 1.807) is 0 Å². The van der Waals surface area contributed by atoms with Crippen LogP contribution in [0.1, 0.15) is 25.8 Å². The summed E-state index contributed by atoms with van der Waals surface area (Å²) in [6.07, 6.45) is 1.21. The molecule has 3 rings (SSSR count). The summed E-state index contributed by atoms with van der Waals surface area (Å²) in [5, 5.41) is 10.7. The first-order valence-electron chi connectivity index (χ1n) is 7.43. The van der Waals surface area contributed by atoms with Crippen LogP contribution in [0.5, 0.6) is 0 Å². The molecule has 0 aliphatic carbocycles. The van der Waals surface area contributed by atoms with E-state index in [9.17, 15) is 5.11 Å². The quantitative estimate of drug-likeness (QED) is 0.910. The fourth-order valence-corrected chi connectivity index (χ4v) is 3.00. The van der Waals surface area contributed by atoms with Gasteiger partial charge in [0, 0.05) is 18.5 Å². The summed E-state index contributed by atoms with van der Waals surface area (Å²) >= 11 is 0. The molecule has 1 aromatic carbocycles. The molecular weight excluding hydrogens is 248 g/mol. The van der Waals surface area contributed by atoms with E-state index in [1.165, 1.54) is 6.42 Å². The van der Waals surface area contributed by atoms with Crippen LogP contribution in [0.25, 0.3) is 10.9 Å². The summed E-state index contributed by atoms with van der Waals surface area (Å²) in [5.41, 5.74) is 1.94. The largest absolute Gasteiger partial charge is 0.392 e. The minimum Gasteiger partial charge on any atom is -0.392 e. The highest BCUT2D eigenvalue weighted by Crippen LogP contribution is 2.28. The predicted octanol–water partition coefficient (Wildman–Crippen LogP) is 3.21. The van der Waals surface area contributed by atoms with Crippen LogP contribution in [0.3, 0.4) is 0 Å². The Morgan fingerprint density at radius 3 is 2.80 bits per heavy atom. The Labute approximate surface area is 120 Å². The highest BCUT2D eigenvalue weighted by molar-refractivity contribution is 5.84. The zero-order valence-electron chi connectivity index (χ0n) is 12.2. The molecule has 0 bridgehead atoms. The highest BCUT2D eigenvalue weighted by atomic mass is 16.3.